The van der Waals surface area contributed by atoms with Crippen LogP contribution in [0.3, 0.4) is 0 Å². The molecule has 1 aromatic heterocycles. The predicted molar refractivity (Wildman–Crippen MR) is 85.3 cm³/mol. The first-order valence-corrected chi connectivity index (χ1v) is 7.67. The average Bonchev–Trinajstić information content (AvgIpc) is 2.51. The highest BCUT2D eigenvalue weighted by Crippen LogP contribution is 2.28. The first kappa shape index (κ1) is 15.3. The quantitative estimate of drug-likeness (QED) is 0.858. The van der Waals surface area contributed by atoms with E-state index in [9.17, 15) is 4.39 Å². The molecule has 0 atom stereocenters. The van der Waals surface area contributed by atoms with Gasteiger partial charge in [0.15, 0.2) is 0 Å². The lowest BCUT2D eigenvalue weighted by Gasteiger charge is -2.27. The van der Waals surface area contributed by atoms with Crippen LogP contribution in [0.1, 0.15) is 16.8 Å². The van der Waals surface area contributed by atoms with Crippen molar-refractivity contribution >= 4 is 10.9 Å². The van der Waals surface area contributed by atoms with Crippen molar-refractivity contribution in [3.63, 3.8) is 0 Å². The number of hydrogen-bond donors (Lipinski definition) is 1. The van der Waals surface area contributed by atoms with Crippen molar-refractivity contribution in [1.29, 1.82) is 0 Å². The molecule has 0 fully saturated rings. The number of ether oxygens (including phenoxy) is 1. The van der Waals surface area contributed by atoms with Crippen LogP contribution < -0.4 is 5.32 Å². The number of rotatable bonds is 5. The minimum atomic E-state index is -0.212. The molecular formula is C17H22FN3O. The molecule has 0 spiro atoms. The van der Waals surface area contributed by atoms with Crippen LogP contribution in [0.2, 0.25) is 0 Å². The maximum absolute atomic E-state index is 13.7. The summed E-state index contributed by atoms with van der Waals surface area (Å²) in [4.78, 5) is 7.04. The molecule has 1 aromatic carbocycles. The minimum Gasteiger partial charge on any atom is -0.383 e. The van der Waals surface area contributed by atoms with Gasteiger partial charge in [-0.2, -0.15) is 0 Å². The van der Waals surface area contributed by atoms with Crippen molar-refractivity contribution < 1.29 is 9.13 Å². The van der Waals surface area contributed by atoms with E-state index >= 15 is 0 Å². The maximum atomic E-state index is 13.7. The fraction of sp³-hybridized carbons (Fsp3) is 0.471. The Morgan fingerprint density at radius 3 is 3.09 bits per heavy atom. The van der Waals surface area contributed by atoms with Gasteiger partial charge in [-0.25, -0.2) is 4.39 Å². The molecule has 0 unspecified atom stereocenters. The third kappa shape index (κ3) is 3.11. The molecule has 5 heteroatoms. The summed E-state index contributed by atoms with van der Waals surface area (Å²) in [6.07, 6.45) is 0.949. The van der Waals surface area contributed by atoms with Crippen LogP contribution in [0.5, 0.6) is 0 Å². The van der Waals surface area contributed by atoms with E-state index < -0.39 is 0 Å². The lowest BCUT2D eigenvalue weighted by molar-refractivity contribution is 0.199. The van der Waals surface area contributed by atoms with Gasteiger partial charge in [0.1, 0.15) is 5.82 Å². The molecule has 1 N–H and O–H groups in total. The number of nitrogens with one attached hydrogen (secondary N) is 1. The number of fused-ring (bicyclic) bond motifs is 2. The van der Waals surface area contributed by atoms with Gasteiger partial charge in [-0.1, -0.05) is 0 Å². The van der Waals surface area contributed by atoms with Crippen LogP contribution in [0, 0.1) is 5.82 Å². The molecule has 0 saturated carbocycles. The molecule has 2 aromatic rings. The summed E-state index contributed by atoms with van der Waals surface area (Å²) in [7, 11) is 3.80. The maximum Gasteiger partial charge on any atom is 0.123 e. The molecule has 1 aliphatic heterocycles. The van der Waals surface area contributed by atoms with Gasteiger partial charge in [0.25, 0.3) is 0 Å². The number of halogens is 1. The molecular weight excluding hydrogens is 281 g/mol. The van der Waals surface area contributed by atoms with Crippen molar-refractivity contribution in [3.8, 4) is 0 Å². The van der Waals surface area contributed by atoms with Crippen molar-refractivity contribution in [1.82, 2.24) is 15.2 Å². The van der Waals surface area contributed by atoms with Gasteiger partial charge < -0.3 is 15.0 Å². The molecule has 3 rings (SSSR count). The average molecular weight is 303 g/mol. The molecule has 0 radical (unpaired) electrons. The Hall–Kier alpha value is -1.56. The monoisotopic (exact) mass is 303 g/mol. The van der Waals surface area contributed by atoms with Crippen LogP contribution in [-0.4, -0.2) is 43.7 Å². The SMILES string of the molecule is COCCNCc1c2c(nc3ccc(F)cc13)CCN(C)C2. The van der Waals surface area contributed by atoms with Crippen molar-refractivity contribution in [3.05, 3.63) is 40.8 Å². The third-order valence-electron chi connectivity index (χ3n) is 4.19. The van der Waals surface area contributed by atoms with Crippen LogP contribution >= 0.6 is 0 Å². The number of pyridine rings is 1. The number of likely N-dealkylation sites (N-methyl/N-ethyl adjacent to an activating group) is 1. The summed E-state index contributed by atoms with van der Waals surface area (Å²) in [5.41, 5.74) is 4.45. The molecule has 0 bridgehead atoms. The number of aromatic nitrogens is 1. The lowest BCUT2D eigenvalue weighted by atomic mass is 9.96. The van der Waals surface area contributed by atoms with E-state index in [2.05, 4.69) is 17.3 Å². The van der Waals surface area contributed by atoms with Crippen LogP contribution in [0.25, 0.3) is 10.9 Å². The zero-order valence-electron chi connectivity index (χ0n) is 13.2. The van der Waals surface area contributed by atoms with Gasteiger partial charge in [0, 0.05) is 50.8 Å². The van der Waals surface area contributed by atoms with Crippen LogP contribution in [0.15, 0.2) is 18.2 Å². The summed E-state index contributed by atoms with van der Waals surface area (Å²) in [5.74, 6) is -0.212. The van der Waals surface area contributed by atoms with Gasteiger partial charge in [-0.15, -0.1) is 0 Å². The standard InChI is InChI=1S/C17H22FN3O/c1-21-7-5-17-15(11-21)14(10-19-6-8-22-2)13-9-12(18)3-4-16(13)20-17/h3-4,9,19H,5-8,10-11H2,1-2H3. The van der Waals surface area contributed by atoms with E-state index in [4.69, 9.17) is 9.72 Å². The topological polar surface area (TPSA) is 37.4 Å². The number of benzene rings is 1. The first-order valence-electron chi connectivity index (χ1n) is 7.67. The van der Waals surface area contributed by atoms with Gasteiger partial charge >= 0.3 is 0 Å². The normalized spacial score (nSPS) is 15.2. The summed E-state index contributed by atoms with van der Waals surface area (Å²) >= 11 is 0. The van der Waals surface area contributed by atoms with Crippen molar-refractivity contribution in [2.24, 2.45) is 0 Å². The summed E-state index contributed by atoms with van der Waals surface area (Å²) in [6.45, 7) is 4.04. The Morgan fingerprint density at radius 1 is 1.41 bits per heavy atom. The first-order chi connectivity index (χ1) is 10.7. The molecule has 0 amide bonds. The Kier molecular flexibility index (Phi) is 4.66. The Labute approximate surface area is 130 Å². The predicted octanol–water partition coefficient (Wildman–Crippen LogP) is 2.10. The number of methoxy groups -OCH3 is 1. The Morgan fingerprint density at radius 2 is 2.27 bits per heavy atom. The second kappa shape index (κ2) is 6.69. The molecule has 1 aliphatic rings. The second-order valence-electron chi connectivity index (χ2n) is 5.83. The number of hydrogen-bond acceptors (Lipinski definition) is 4. The molecule has 22 heavy (non-hydrogen) atoms. The highest BCUT2D eigenvalue weighted by atomic mass is 19.1. The van der Waals surface area contributed by atoms with Gasteiger partial charge in [-0.3, -0.25) is 4.98 Å². The van der Waals surface area contributed by atoms with Gasteiger partial charge in [0.05, 0.1) is 12.1 Å². The van der Waals surface area contributed by atoms with E-state index in [0.29, 0.717) is 13.2 Å². The van der Waals surface area contributed by atoms with E-state index in [1.165, 1.54) is 17.2 Å². The van der Waals surface area contributed by atoms with E-state index in [-0.39, 0.29) is 5.82 Å². The molecule has 0 aliphatic carbocycles. The smallest absolute Gasteiger partial charge is 0.123 e. The summed E-state index contributed by atoms with van der Waals surface area (Å²) < 4.78 is 18.8. The van der Waals surface area contributed by atoms with Gasteiger partial charge in [-0.05, 0) is 36.4 Å². The van der Waals surface area contributed by atoms with Crippen molar-refractivity contribution in [2.75, 3.05) is 33.9 Å². The minimum absolute atomic E-state index is 0.212. The highest BCUT2D eigenvalue weighted by Gasteiger charge is 2.20. The Balaban J connectivity index is 2.03. The van der Waals surface area contributed by atoms with E-state index in [1.54, 1.807) is 19.2 Å². The summed E-state index contributed by atoms with van der Waals surface area (Å²) in [5, 5.41) is 4.30. The van der Waals surface area contributed by atoms with Crippen LogP contribution in [-0.2, 0) is 24.2 Å². The summed E-state index contributed by atoms with van der Waals surface area (Å²) in [6, 6.07) is 4.87. The Bertz CT molecular complexity index is 674. The van der Waals surface area contributed by atoms with E-state index in [0.717, 1.165) is 42.7 Å². The van der Waals surface area contributed by atoms with E-state index in [1.807, 2.05) is 0 Å². The number of nitrogens with zero attached hydrogens (tertiary/aromatic N) is 2. The fourth-order valence-electron chi connectivity index (χ4n) is 3.03. The largest absolute Gasteiger partial charge is 0.383 e. The molecule has 0 saturated heterocycles. The van der Waals surface area contributed by atoms with Gasteiger partial charge in [0.2, 0.25) is 0 Å². The van der Waals surface area contributed by atoms with Crippen molar-refractivity contribution in [2.45, 2.75) is 19.5 Å². The lowest BCUT2D eigenvalue weighted by Crippen LogP contribution is -2.30. The molecule has 118 valence electrons. The third-order valence-corrected chi connectivity index (χ3v) is 4.19. The zero-order valence-corrected chi connectivity index (χ0v) is 13.2. The highest BCUT2D eigenvalue weighted by molar-refractivity contribution is 5.84. The fourth-order valence-corrected chi connectivity index (χ4v) is 3.03. The molecule has 2 heterocycles. The molecule has 4 nitrogen and oxygen atoms in total. The second-order valence-corrected chi connectivity index (χ2v) is 5.83. The van der Waals surface area contributed by atoms with Crippen LogP contribution in [0.4, 0.5) is 4.39 Å². The zero-order chi connectivity index (χ0) is 15.5.